The fraction of sp³-hybridized carbons (Fsp3) is 0.286. The van der Waals surface area contributed by atoms with Crippen LogP contribution in [0.25, 0.3) is 0 Å². The number of nitro benzene ring substituents is 1. The molecule has 0 fully saturated rings. The molecule has 0 saturated heterocycles. The highest BCUT2D eigenvalue weighted by atomic mass is 79.9. The number of hydrogen-bond acceptors (Lipinski definition) is 6. The SMILES string of the molecule is CCCCNC(=O)C(C)N(Cc1cccc(Br)c1)C(=O)CN(c1cccc([N+](=O)[O-])c1)S(=O)(=O)c1ccccc1. The van der Waals surface area contributed by atoms with E-state index >= 15 is 0 Å². The summed E-state index contributed by atoms with van der Waals surface area (Å²) in [7, 11) is -4.31. The van der Waals surface area contributed by atoms with Crippen LogP contribution in [0.3, 0.4) is 0 Å². The summed E-state index contributed by atoms with van der Waals surface area (Å²) in [6.45, 7) is 3.38. The fourth-order valence-electron chi connectivity index (χ4n) is 3.96. The summed E-state index contributed by atoms with van der Waals surface area (Å²) in [6, 6.07) is 18.9. The van der Waals surface area contributed by atoms with Gasteiger partial charge in [-0.15, -0.1) is 0 Å². The van der Waals surface area contributed by atoms with Crippen molar-refractivity contribution in [3.05, 3.63) is 99.0 Å². The van der Waals surface area contributed by atoms with Gasteiger partial charge in [-0.3, -0.25) is 24.0 Å². The Labute approximate surface area is 242 Å². The van der Waals surface area contributed by atoms with E-state index in [1.54, 1.807) is 43.3 Å². The van der Waals surface area contributed by atoms with Gasteiger partial charge >= 0.3 is 0 Å². The minimum Gasteiger partial charge on any atom is -0.354 e. The molecule has 3 rings (SSSR count). The van der Waals surface area contributed by atoms with Crippen LogP contribution in [-0.2, 0) is 26.2 Å². The van der Waals surface area contributed by atoms with E-state index in [4.69, 9.17) is 0 Å². The predicted molar refractivity (Wildman–Crippen MR) is 156 cm³/mol. The largest absolute Gasteiger partial charge is 0.354 e. The van der Waals surface area contributed by atoms with Gasteiger partial charge in [-0.1, -0.05) is 65.7 Å². The zero-order chi connectivity index (χ0) is 29.3. The van der Waals surface area contributed by atoms with Gasteiger partial charge in [-0.25, -0.2) is 8.42 Å². The molecule has 10 nitrogen and oxygen atoms in total. The van der Waals surface area contributed by atoms with Crippen molar-refractivity contribution in [3.63, 3.8) is 0 Å². The van der Waals surface area contributed by atoms with Crippen molar-refractivity contribution < 1.29 is 22.9 Å². The molecule has 0 saturated carbocycles. The number of anilines is 1. The Hall–Kier alpha value is -3.77. The number of benzene rings is 3. The van der Waals surface area contributed by atoms with Crippen LogP contribution >= 0.6 is 15.9 Å². The molecular weight excluding hydrogens is 600 g/mol. The molecule has 0 aliphatic heterocycles. The number of non-ortho nitro benzene ring substituents is 1. The van der Waals surface area contributed by atoms with Gasteiger partial charge < -0.3 is 10.2 Å². The first-order chi connectivity index (χ1) is 19.0. The van der Waals surface area contributed by atoms with Crippen molar-refractivity contribution in [2.24, 2.45) is 0 Å². The predicted octanol–water partition coefficient (Wildman–Crippen LogP) is 4.89. The number of halogens is 1. The summed E-state index contributed by atoms with van der Waals surface area (Å²) in [4.78, 5) is 38.9. The molecule has 0 aliphatic carbocycles. The molecule has 1 unspecified atom stereocenters. The van der Waals surface area contributed by atoms with E-state index in [1.807, 2.05) is 13.0 Å². The van der Waals surface area contributed by atoms with Gasteiger partial charge in [0.25, 0.3) is 15.7 Å². The third-order valence-electron chi connectivity index (χ3n) is 6.18. The van der Waals surface area contributed by atoms with Crippen molar-refractivity contribution in [2.45, 2.75) is 44.2 Å². The Morgan fingerprint density at radius 1 is 1.02 bits per heavy atom. The minimum absolute atomic E-state index is 0.0365. The van der Waals surface area contributed by atoms with Crippen molar-refractivity contribution in [1.82, 2.24) is 10.2 Å². The topological polar surface area (TPSA) is 130 Å². The molecule has 1 atom stereocenters. The van der Waals surface area contributed by atoms with Crippen LogP contribution in [0.15, 0.2) is 88.2 Å². The molecular formula is C28H31BrN4O6S. The van der Waals surface area contributed by atoms with E-state index in [-0.39, 0.29) is 28.7 Å². The minimum atomic E-state index is -4.31. The molecule has 1 N–H and O–H groups in total. The van der Waals surface area contributed by atoms with Gasteiger partial charge in [0.1, 0.15) is 12.6 Å². The van der Waals surface area contributed by atoms with Crippen molar-refractivity contribution in [2.75, 3.05) is 17.4 Å². The maximum absolute atomic E-state index is 13.9. The second-order valence-electron chi connectivity index (χ2n) is 9.07. The van der Waals surface area contributed by atoms with Crippen LogP contribution in [-0.4, -0.2) is 49.2 Å². The molecule has 0 aliphatic rings. The third-order valence-corrected chi connectivity index (χ3v) is 8.46. The van der Waals surface area contributed by atoms with Gasteiger partial charge in [0.2, 0.25) is 11.8 Å². The summed E-state index contributed by atoms with van der Waals surface area (Å²) in [6.07, 6.45) is 1.65. The maximum Gasteiger partial charge on any atom is 0.271 e. The number of nitro groups is 1. The quantitative estimate of drug-likeness (QED) is 0.163. The fourth-order valence-corrected chi connectivity index (χ4v) is 5.83. The number of hydrogen-bond donors (Lipinski definition) is 1. The number of nitrogens with one attached hydrogen (secondary N) is 1. The number of rotatable bonds is 13. The highest BCUT2D eigenvalue weighted by Crippen LogP contribution is 2.27. The molecule has 0 spiro atoms. The summed E-state index contributed by atoms with van der Waals surface area (Å²) in [5, 5.41) is 14.3. The maximum atomic E-state index is 13.9. The van der Waals surface area contributed by atoms with Crippen LogP contribution in [0.5, 0.6) is 0 Å². The Bertz CT molecular complexity index is 1450. The number of nitrogens with zero attached hydrogens (tertiary/aromatic N) is 3. The second kappa shape index (κ2) is 14.0. The van der Waals surface area contributed by atoms with Crippen molar-refractivity contribution in [3.8, 4) is 0 Å². The molecule has 2 amide bonds. The number of carbonyl (C=O) groups is 2. The van der Waals surface area contributed by atoms with Crippen LogP contribution < -0.4 is 9.62 Å². The lowest BCUT2D eigenvalue weighted by Gasteiger charge is -2.32. The Balaban J connectivity index is 2.03. The Kier molecular flexibility index (Phi) is 10.8. The normalized spacial score (nSPS) is 11.9. The van der Waals surface area contributed by atoms with Crippen LogP contribution in [0, 0.1) is 10.1 Å². The van der Waals surface area contributed by atoms with Gasteiger partial charge in [0.05, 0.1) is 15.5 Å². The van der Waals surface area contributed by atoms with E-state index < -0.39 is 33.4 Å². The Morgan fingerprint density at radius 3 is 2.38 bits per heavy atom. The third kappa shape index (κ3) is 7.89. The van der Waals surface area contributed by atoms with Gasteiger partial charge in [0, 0.05) is 29.7 Å². The highest BCUT2D eigenvalue weighted by Gasteiger charge is 2.33. The molecule has 12 heteroatoms. The standard InChI is InChI=1S/C28H31BrN4O6S/c1-3-4-16-30-28(35)21(2)31(19-22-10-8-11-23(29)17-22)27(34)20-32(24-12-9-13-25(18-24)33(36)37)40(38,39)26-14-6-5-7-15-26/h5-15,17-18,21H,3-4,16,19-20H2,1-2H3,(H,30,35). The van der Waals surface area contributed by atoms with Crippen molar-refractivity contribution >= 4 is 49.1 Å². The zero-order valence-corrected chi connectivity index (χ0v) is 24.6. The van der Waals surface area contributed by atoms with Crippen LogP contribution in [0.2, 0.25) is 0 Å². The molecule has 0 bridgehead atoms. The molecule has 0 heterocycles. The average molecular weight is 632 g/mol. The number of carbonyl (C=O) groups excluding carboxylic acids is 2. The first-order valence-corrected chi connectivity index (χ1v) is 14.9. The van der Waals surface area contributed by atoms with Crippen LogP contribution in [0.4, 0.5) is 11.4 Å². The lowest BCUT2D eigenvalue weighted by atomic mass is 10.1. The molecule has 3 aromatic rings. The lowest BCUT2D eigenvalue weighted by molar-refractivity contribution is -0.384. The molecule has 0 aromatic heterocycles. The molecule has 3 aromatic carbocycles. The second-order valence-corrected chi connectivity index (χ2v) is 11.9. The van der Waals surface area contributed by atoms with E-state index in [1.165, 1.54) is 35.2 Å². The number of sulfonamides is 1. The molecule has 212 valence electrons. The summed E-state index contributed by atoms with van der Waals surface area (Å²) in [5.74, 6) is -1.02. The first kappa shape index (κ1) is 30.8. The smallest absolute Gasteiger partial charge is 0.271 e. The van der Waals surface area contributed by atoms with Gasteiger partial charge in [-0.2, -0.15) is 0 Å². The first-order valence-electron chi connectivity index (χ1n) is 12.7. The Morgan fingerprint density at radius 2 is 1.73 bits per heavy atom. The number of unbranched alkanes of at least 4 members (excludes halogenated alkanes) is 1. The lowest BCUT2D eigenvalue weighted by Crippen LogP contribution is -2.51. The molecule has 0 radical (unpaired) electrons. The van der Waals surface area contributed by atoms with E-state index in [0.717, 1.165) is 33.2 Å². The van der Waals surface area contributed by atoms with E-state index in [9.17, 15) is 28.1 Å². The van der Waals surface area contributed by atoms with Gasteiger partial charge in [-0.05, 0) is 49.2 Å². The van der Waals surface area contributed by atoms with Gasteiger partial charge in [0.15, 0.2) is 0 Å². The molecule has 40 heavy (non-hydrogen) atoms. The average Bonchev–Trinajstić information content (AvgIpc) is 2.94. The summed E-state index contributed by atoms with van der Waals surface area (Å²) < 4.78 is 29.1. The highest BCUT2D eigenvalue weighted by molar-refractivity contribution is 9.10. The van der Waals surface area contributed by atoms with E-state index in [0.29, 0.717) is 6.54 Å². The number of amides is 2. The summed E-state index contributed by atoms with van der Waals surface area (Å²) in [5.41, 5.74) is 0.352. The van der Waals surface area contributed by atoms with Crippen molar-refractivity contribution in [1.29, 1.82) is 0 Å². The zero-order valence-electron chi connectivity index (χ0n) is 22.2. The summed E-state index contributed by atoms with van der Waals surface area (Å²) >= 11 is 3.41. The van der Waals surface area contributed by atoms with E-state index in [2.05, 4.69) is 21.2 Å². The monoisotopic (exact) mass is 630 g/mol. The van der Waals surface area contributed by atoms with Crippen LogP contribution in [0.1, 0.15) is 32.3 Å².